The molecule has 55 heavy (non-hydrogen) atoms. The molecule has 2 aliphatic heterocycles. The first-order chi connectivity index (χ1) is 26.1. The Morgan fingerprint density at radius 2 is 1.55 bits per heavy atom. The second-order valence-corrected chi connectivity index (χ2v) is 17.5. The Morgan fingerprint density at radius 3 is 2.22 bits per heavy atom. The minimum atomic E-state index is -1.74. The largest absolute Gasteiger partial charge is 0.462 e. The van der Waals surface area contributed by atoms with Crippen LogP contribution in [0.3, 0.4) is 0 Å². The molecule has 19 unspecified atom stereocenters. The molecule has 3 heterocycles. The lowest BCUT2D eigenvalue weighted by molar-refractivity contribution is -0.362. The van der Waals surface area contributed by atoms with Gasteiger partial charge >= 0.3 is 17.6 Å². The number of aliphatic hydroxyl groups excluding tert-OH is 5. The molecule has 4 saturated carbocycles. The van der Waals surface area contributed by atoms with Gasteiger partial charge in [0.05, 0.1) is 25.1 Å². The summed E-state index contributed by atoms with van der Waals surface area (Å²) in [6.07, 6.45) is -5.87. The molecule has 308 valence electrons. The van der Waals surface area contributed by atoms with Crippen LogP contribution in [-0.2, 0) is 38.0 Å². The molecule has 0 radical (unpaired) electrons. The Labute approximate surface area is 320 Å². The van der Waals surface area contributed by atoms with E-state index in [0.29, 0.717) is 30.1 Å². The fourth-order valence-corrected chi connectivity index (χ4v) is 11.9. The third kappa shape index (κ3) is 7.31. The second-order valence-electron chi connectivity index (χ2n) is 17.5. The van der Waals surface area contributed by atoms with E-state index in [4.69, 9.17) is 32.8 Å². The monoisotopic (exact) mass is 778 g/mol. The predicted molar refractivity (Wildman–Crippen MR) is 190 cm³/mol. The molecule has 7 rings (SSSR count). The highest BCUT2D eigenvalue weighted by molar-refractivity contribution is 5.66. The number of aliphatic hydroxyl groups is 5. The standard InChI is InChI=1S/C40H58O15/c1-18-35(52-20(3)43)36(55-37-33(47)32(46)31(45)28(16-41)54-37)34(48)38(50-18)53-23-12-13-39(4)22(14-23)7-8-24-26-10-9-25(21-6-11-30(44)49-17-21)40(26,5)29(15-27(24)39)51-19(2)42/h6,11,17-18,22-29,31-38,41,45-48H,7-10,12-16H2,1-5H3. The quantitative estimate of drug-likeness (QED) is 0.188. The van der Waals surface area contributed by atoms with Crippen molar-refractivity contribution in [3.63, 3.8) is 0 Å². The van der Waals surface area contributed by atoms with Crippen molar-refractivity contribution in [3.05, 3.63) is 34.4 Å². The summed E-state index contributed by atoms with van der Waals surface area (Å²) in [7, 11) is 0. The molecule has 15 heteroatoms. The fraction of sp³-hybridized carbons (Fsp3) is 0.825. The van der Waals surface area contributed by atoms with Crippen LogP contribution in [0.15, 0.2) is 27.6 Å². The first kappa shape index (κ1) is 40.7. The van der Waals surface area contributed by atoms with E-state index in [1.165, 1.54) is 19.9 Å². The van der Waals surface area contributed by atoms with Crippen LogP contribution < -0.4 is 5.63 Å². The molecule has 6 fully saturated rings. The van der Waals surface area contributed by atoms with E-state index in [0.717, 1.165) is 50.5 Å². The SMILES string of the molecule is CC(=O)OC1C(C)OC(OC2CCC3(C)C(CCC4C3CC(OC(C)=O)C3(C)C(c5ccc(=O)oc5)CCC43)C2)C(O)C1OC1OC(CO)C(O)C(O)C1O. The van der Waals surface area contributed by atoms with Gasteiger partial charge in [0.25, 0.3) is 0 Å². The summed E-state index contributed by atoms with van der Waals surface area (Å²) < 4.78 is 41.2. The van der Waals surface area contributed by atoms with Crippen LogP contribution >= 0.6 is 0 Å². The highest BCUT2D eigenvalue weighted by Crippen LogP contribution is 2.69. The van der Waals surface area contributed by atoms with Crippen LogP contribution in [0.25, 0.3) is 0 Å². The third-order valence-electron chi connectivity index (χ3n) is 14.6. The van der Waals surface area contributed by atoms with Gasteiger partial charge in [0.1, 0.15) is 42.7 Å². The van der Waals surface area contributed by atoms with E-state index in [1.807, 2.05) is 6.07 Å². The van der Waals surface area contributed by atoms with E-state index in [9.17, 15) is 39.9 Å². The highest BCUT2D eigenvalue weighted by atomic mass is 16.7. The minimum absolute atomic E-state index is 0.0470. The molecule has 2 saturated heterocycles. The van der Waals surface area contributed by atoms with Gasteiger partial charge in [0, 0.05) is 25.3 Å². The summed E-state index contributed by atoms with van der Waals surface area (Å²) in [5.41, 5.74) is 0.231. The zero-order valence-electron chi connectivity index (χ0n) is 32.2. The summed E-state index contributed by atoms with van der Waals surface area (Å²) in [5, 5.41) is 52.6. The molecule has 4 aliphatic carbocycles. The lowest BCUT2D eigenvalue weighted by Crippen LogP contribution is -2.65. The van der Waals surface area contributed by atoms with Gasteiger partial charge in [-0.1, -0.05) is 13.8 Å². The van der Waals surface area contributed by atoms with E-state index < -0.39 is 74.0 Å². The maximum atomic E-state index is 12.6. The highest BCUT2D eigenvalue weighted by Gasteiger charge is 2.65. The number of rotatable bonds is 8. The molecule has 0 spiro atoms. The van der Waals surface area contributed by atoms with Gasteiger partial charge in [-0.3, -0.25) is 9.59 Å². The molecular formula is C40H58O15. The smallest absolute Gasteiger partial charge is 0.335 e. The average molecular weight is 779 g/mol. The van der Waals surface area contributed by atoms with Gasteiger partial charge < -0.3 is 58.4 Å². The fourth-order valence-electron chi connectivity index (χ4n) is 11.9. The van der Waals surface area contributed by atoms with E-state index in [2.05, 4.69) is 13.8 Å². The Bertz CT molecular complexity index is 1580. The molecule has 19 atom stereocenters. The number of carbonyl (C=O) groups excluding carboxylic acids is 2. The lowest BCUT2D eigenvalue weighted by Gasteiger charge is -2.62. The number of hydrogen-bond acceptors (Lipinski definition) is 15. The first-order valence-corrected chi connectivity index (χ1v) is 19.9. The number of carbonyl (C=O) groups is 2. The molecule has 1 aromatic heterocycles. The zero-order chi connectivity index (χ0) is 39.6. The second kappa shape index (κ2) is 15.7. The molecular weight excluding hydrogens is 720 g/mol. The van der Waals surface area contributed by atoms with E-state index in [1.54, 1.807) is 13.2 Å². The first-order valence-electron chi connectivity index (χ1n) is 19.9. The Morgan fingerprint density at radius 1 is 0.818 bits per heavy atom. The summed E-state index contributed by atoms with van der Waals surface area (Å²) in [6.45, 7) is 8.30. The van der Waals surface area contributed by atoms with Crippen molar-refractivity contribution in [1.29, 1.82) is 0 Å². The molecule has 0 bridgehead atoms. The average Bonchev–Trinajstić information content (AvgIpc) is 3.50. The predicted octanol–water partition coefficient (Wildman–Crippen LogP) is 1.92. The summed E-state index contributed by atoms with van der Waals surface area (Å²) in [5.74, 6) is 0.532. The molecule has 0 aromatic carbocycles. The van der Waals surface area contributed by atoms with Crippen LogP contribution in [0, 0.1) is 34.5 Å². The number of ether oxygens (including phenoxy) is 6. The van der Waals surface area contributed by atoms with Gasteiger partial charge in [-0.15, -0.1) is 0 Å². The topological polar surface area (TPSA) is 221 Å². The van der Waals surface area contributed by atoms with E-state index >= 15 is 0 Å². The van der Waals surface area contributed by atoms with Gasteiger partial charge in [-0.05, 0) is 105 Å². The van der Waals surface area contributed by atoms with Crippen molar-refractivity contribution in [1.82, 2.24) is 0 Å². The van der Waals surface area contributed by atoms with Crippen molar-refractivity contribution in [2.45, 2.75) is 166 Å². The summed E-state index contributed by atoms with van der Waals surface area (Å²) >= 11 is 0. The minimum Gasteiger partial charge on any atom is -0.462 e. The summed E-state index contributed by atoms with van der Waals surface area (Å²) in [6, 6.07) is 3.32. The van der Waals surface area contributed by atoms with Gasteiger partial charge in [-0.2, -0.15) is 0 Å². The maximum absolute atomic E-state index is 12.6. The number of esters is 2. The Hall–Kier alpha value is -2.47. The van der Waals surface area contributed by atoms with Crippen molar-refractivity contribution >= 4 is 11.9 Å². The van der Waals surface area contributed by atoms with Crippen LogP contribution in [0.2, 0.25) is 0 Å². The Balaban J connectivity index is 1.06. The van der Waals surface area contributed by atoms with Gasteiger partial charge in [0.2, 0.25) is 0 Å². The lowest BCUT2D eigenvalue weighted by atomic mass is 9.44. The zero-order valence-corrected chi connectivity index (χ0v) is 32.2. The van der Waals surface area contributed by atoms with Gasteiger partial charge in [-0.25, -0.2) is 4.79 Å². The van der Waals surface area contributed by atoms with Gasteiger partial charge in [0.15, 0.2) is 18.7 Å². The third-order valence-corrected chi connectivity index (χ3v) is 14.6. The Kier molecular flexibility index (Phi) is 11.6. The molecule has 0 amide bonds. The number of fused-ring (bicyclic) bond motifs is 5. The summed E-state index contributed by atoms with van der Waals surface area (Å²) in [4.78, 5) is 36.5. The molecule has 15 nitrogen and oxygen atoms in total. The molecule has 1 aromatic rings. The number of hydrogen-bond donors (Lipinski definition) is 5. The van der Waals surface area contributed by atoms with E-state index in [-0.39, 0.29) is 40.6 Å². The van der Waals surface area contributed by atoms with Crippen LogP contribution in [-0.4, -0.2) is 118 Å². The van der Waals surface area contributed by atoms with Crippen LogP contribution in [0.1, 0.15) is 97.5 Å². The van der Waals surface area contributed by atoms with Crippen molar-refractivity contribution in [2.75, 3.05) is 6.61 Å². The van der Waals surface area contributed by atoms with Crippen molar-refractivity contribution in [2.24, 2.45) is 34.5 Å². The molecule has 5 N–H and O–H groups in total. The van der Waals surface area contributed by atoms with Crippen LogP contribution in [0.5, 0.6) is 0 Å². The van der Waals surface area contributed by atoms with Crippen molar-refractivity contribution in [3.8, 4) is 0 Å². The van der Waals surface area contributed by atoms with Crippen LogP contribution in [0.4, 0.5) is 0 Å². The van der Waals surface area contributed by atoms with Crippen molar-refractivity contribution < 1.29 is 68.0 Å². The molecule has 6 aliphatic rings. The maximum Gasteiger partial charge on any atom is 0.335 e. The normalized spacial score (nSPS) is 48.2.